The van der Waals surface area contributed by atoms with Gasteiger partial charge < -0.3 is 9.79 Å². The standard InChI is InChI=1S/C10H23O4P/c1-3-5-7-9-10(8-6-4-2)14-15(11,12)13/h10H,3-9H2,1-2H3,(H2,11,12,13). The quantitative estimate of drug-likeness (QED) is 0.478. The van der Waals surface area contributed by atoms with Crippen molar-refractivity contribution < 1.29 is 18.9 Å². The lowest BCUT2D eigenvalue weighted by Crippen LogP contribution is -2.11. The summed E-state index contributed by atoms with van der Waals surface area (Å²) in [7, 11) is -4.31. The van der Waals surface area contributed by atoms with Crippen LogP contribution in [0, 0.1) is 0 Å². The van der Waals surface area contributed by atoms with Crippen molar-refractivity contribution in [1.29, 1.82) is 0 Å². The van der Waals surface area contributed by atoms with Crippen LogP contribution in [0.25, 0.3) is 0 Å². The Morgan fingerprint density at radius 3 is 2.07 bits per heavy atom. The molecule has 0 aliphatic carbocycles. The van der Waals surface area contributed by atoms with E-state index in [9.17, 15) is 4.57 Å². The highest BCUT2D eigenvalue weighted by molar-refractivity contribution is 7.46. The number of phosphoric acid groups is 1. The third kappa shape index (κ3) is 10.4. The van der Waals surface area contributed by atoms with Gasteiger partial charge in [0.1, 0.15) is 0 Å². The Kier molecular flexibility index (Phi) is 8.34. The average molecular weight is 238 g/mol. The Hall–Kier alpha value is 0.110. The zero-order valence-corrected chi connectivity index (χ0v) is 10.6. The van der Waals surface area contributed by atoms with Crippen LogP contribution in [-0.4, -0.2) is 15.9 Å². The second kappa shape index (κ2) is 8.28. The molecule has 4 nitrogen and oxygen atoms in total. The molecule has 92 valence electrons. The van der Waals surface area contributed by atoms with Crippen molar-refractivity contribution >= 4 is 7.82 Å². The summed E-state index contributed by atoms with van der Waals surface area (Å²) in [6.07, 6.45) is 6.36. The van der Waals surface area contributed by atoms with Crippen LogP contribution in [0.2, 0.25) is 0 Å². The molecule has 0 aliphatic rings. The Balaban J connectivity index is 3.89. The summed E-state index contributed by atoms with van der Waals surface area (Å²) in [5.74, 6) is 0. The van der Waals surface area contributed by atoms with E-state index in [1.165, 1.54) is 0 Å². The molecule has 15 heavy (non-hydrogen) atoms. The second-order valence-electron chi connectivity index (χ2n) is 3.86. The van der Waals surface area contributed by atoms with E-state index in [1.807, 2.05) is 0 Å². The van der Waals surface area contributed by atoms with Crippen LogP contribution in [-0.2, 0) is 9.09 Å². The summed E-state index contributed by atoms with van der Waals surface area (Å²) in [4.78, 5) is 17.5. The van der Waals surface area contributed by atoms with Crippen molar-refractivity contribution in [3.63, 3.8) is 0 Å². The molecule has 0 rings (SSSR count). The summed E-state index contributed by atoms with van der Waals surface area (Å²) in [6, 6.07) is 0. The molecule has 0 bridgehead atoms. The number of hydrogen-bond acceptors (Lipinski definition) is 2. The van der Waals surface area contributed by atoms with Gasteiger partial charge in [-0.15, -0.1) is 0 Å². The van der Waals surface area contributed by atoms with Crippen LogP contribution < -0.4 is 0 Å². The molecular formula is C10H23O4P. The molecule has 1 atom stereocenters. The van der Waals surface area contributed by atoms with Crippen molar-refractivity contribution in [2.45, 2.75) is 64.9 Å². The van der Waals surface area contributed by atoms with Gasteiger partial charge in [0, 0.05) is 0 Å². The molecular weight excluding hydrogens is 215 g/mol. The van der Waals surface area contributed by atoms with Crippen LogP contribution in [0.1, 0.15) is 58.8 Å². The molecule has 0 aromatic carbocycles. The topological polar surface area (TPSA) is 66.8 Å². The third-order valence-electron chi connectivity index (χ3n) is 2.30. The van der Waals surface area contributed by atoms with E-state index in [0.29, 0.717) is 0 Å². The number of phosphoric ester groups is 1. The minimum atomic E-state index is -4.31. The summed E-state index contributed by atoms with van der Waals surface area (Å²) in [6.45, 7) is 4.16. The van der Waals surface area contributed by atoms with Crippen molar-refractivity contribution in [3.8, 4) is 0 Å². The zero-order valence-electron chi connectivity index (χ0n) is 9.69. The SMILES string of the molecule is CCCCCC(CCCC)OP(=O)(O)O. The van der Waals surface area contributed by atoms with E-state index in [0.717, 1.165) is 44.9 Å². The molecule has 0 amide bonds. The van der Waals surface area contributed by atoms with Crippen molar-refractivity contribution in [1.82, 2.24) is 0 Å². The Morgan fingerprint density at radius 2 is 1.60 bits per heavy atom. The smallest absolute Gasteiger partial charge is 0.303 e. The first-order chi connectivity index (χ1) is 6.99. The van der Waals surface area contributed by atoms with E-state index < -0.39 is 7.82 Å². The van der Waals surface area contributed by atoms with E-state index in [2.05, 4.69) is 13.8 Å². The summed E-state index contributed by atoms with van der Waals surface area (Å²) >= 11 is 0. The van der Waals surface area contributed by atoms with Gasteiger partial charge in [-0.25, -0.2) is 4.57 Å². The predicted octanol–water partition coefficient (Wildman–Crippen LogP) is 3.23. The highest BCUT2D eigenvalue weighted by Crippen LogP contribution is 2.39. The van der Waals surface area contributed by atoms with Crippen molar-refractivity contribution in [2.75, 3.05) is 0 Å². The van der Waals surface area contributed by atoms with Gasteiger partial charge in [0.25, 0.3) is 0 Å². The minimum absolute atomic E-state index is 0.280. The fourth-order valence-electron chi connectivity index (χ4n) is 1.50. The van der Waals surface area contributed by atoms with Gasteiger partial charge in [0.05, 0.1) is 6.10 Å². The molecule has 0 fully saturated rings. The lowest BCUT2D eigenvalue weighted by molar-refractivity contribution is 0.116. The molecule has 0 radical (unpaired) electrons. The maximum absolute atomic E-state index is 10.7. The first-order valence-corrected chi connectivity index (χ1v) is 7.26. The maximum atomic E-state index is 10.7. The third-order valence-corrected chi connectivity index (χ3v) is 2.87. The summed E-state index contributed by atoms with van der Waals surface area (Å²) in [5.41, 5.74) is 0. The predicted molar refractivity (Wildman–Crippen MR) is 60.6 cm³/mol. The molecule has 5 heteroatoms. The molecule has 0 aliphatic heterocycles. The minimum Gasteiger partial charge on any atom is -0.303 e. The second-order valence-corrected chi connectivity index (χ2v) is 5.05. The molecule has 0 spiro atoms. The van der Waals surface area contributed by atoms with E-state index in [-0.39, 0.29) is 6.10 Å². The average Bonchev–Trinajstić information content (AvgIpc) is 2.12. The monoisotopic (exact) mass is 238 g/mol. The maximum Gasteiger partial charge on any atom is 0.469 e. The van der Waals surface area contributed by atoms with Gasteiger partial charge in [-0.05, 0) is 12.8 Å². The number of rotatable bonds is 9. The highest BCUT2D eigenvalue weighted by atomic mass is 31.2. The molecule has 2 N–H and O–H groups in total. The van der Waals surface area contributed by atoms with Crippen molar-refractivity contribution in [2.24, 2.45) is 0 Å². The summed E-state index contributed by atoms with van der Waals surface area (Å²) in [5, 5.41) is 0. The van der Waals surface area contributed by atoms with E-state index in [1.54, 1.807) is 0 Å². The lowest BCUT2D eigenvalue weighted by atomic mass is 10.1. The van der Waals surface area contributed by atoms with Gasteiger partial charge in [-0.3, -0.25) is 4.52 Å². The Morgan fingerprint density at radius 1 is 1.07 bits per heavy atom. The molecule has 0 saturated heterocycles. The molecule has 0 aromatic heterocycles. The van der Waals surface area contributed by atoms with Gasteiger partial charge >= 0.3 is 7.82 Å². The van der Waals surface area contributed by atoms with Crippen LogP contribution in [0.4, 0.5) is 0 Å². The zero-order chi connectivity index (χ0) is 11.7. The van der Waals surface area contributed by atoms with Crippen molar-refractivity contribution in [3.05, 3.63) is 0 Å². The molecule has 0 saturated carbocycles. The Bertz CT molecular complexity index is 190. The normalized spacial score (nSPS) is 14.1. The van der Waals surface area contributed by atoms with Gasteiger partial charge in [-0.2, -0.15) is 0 Å². The van der Waals surface area contributed by atoms with Crippen LogP contribution in [0.5, 0.6) is 0 Å². The van der Waals surface area contributed by atoms with E-state index in [4.69, 9.17) is 14.3 Å². The first-order valence-electron chi connectivity index (χ1n) is 5.73. The first kappa shape index (κ1) is 15.1. The molecule has 0 aromatic rings. The fourth-order valence-corrected chi connectivity index (χ4v) is 2.10. The van der Waals surface area contributed by atoms with Gasteiger partial charge in [-0.1, -0.05) is 46.0 Å². The largest absolute Gasteiger partial charge is 0.469 e. The lowest BCUT2D eigenvalue weighted by Gasteiger charge is -2.17. The fraction of sp³-hybridized carbons (Fsp3) is 1.00. The Labute approximate surface area is 92.3 Å². The van der Waals surface area contributed by atoms with Crippen LogP contribution in [0.15, 0.2) is 0 Å². The van der Waals surface area contributed by atoms with Gasteiger partial charge in [0.2, 0.25) is 0 Å². The highest BCUT2D eigenvalue weighted by Gasteiger charge is 2.21. The van der Waals surface area contributed by atoms with Gasteiger partial charge in [0.15, 0.2) is 0 Å². The molecule has 0 heterocycles. The molecule has 1 unspecified atom stereocenters. The van der Waals surface area contributed by atoms with E-state index >= 15 is 0 Å². The van der Waals surface area contributed by atoms with Crippen LogP contribution in [0.3, 0.4) is 0 Å². The summed E-state index contributed by atoms with van der Waals surface area (Å²) < 4.78 is 15.5. The number of hydrogen-bond donors (Lipinski definition) is 2. The number of unbranched alkanes of at least 4 members (excludes halogenated alkanes) is 3. The van der Waals surface area contributed by atoms with Crippen LogP contribution >= 0.6 is 7.82 Å².